The van der Waals surface area contributed by atoms with E-state index < -0.39 is 5.97 Å². The minimum atomic E-state index is -1.00. The first-order chi connectivity index (χ1) is 9.56. The largest absolute Gasteiger partial charge is 0.481 e. The van der Waals surface area contributed by atoms with Crippen LogP contribution in [0.4, 0.5) is 5.69 Å². The molecule has 106 valence electrons. The number of carbonyl (C=O) groups is 3. The van der Waals surface area contributed by atoms with Crippen molar-refractivity contribution >= 4 is 23.3 Å². The third kappa shape index (κ3) is 3.66. The number of carboxylic acids is 1. The van der Waals surface area contributed by atoms with Crippen LogP contribution in [0, 0.1) is 0 Å². The molecule has 2 rings (SSSR count). The Labute approximate surface area is 117 Å². The second kappa shape index (κ2) is 6.32. The van der Waals surface area contributed by atoms with Crippen LogP contribution in [0.15, 0.2) is 18.2 Å². The maximum Gasteiger partial charge on any atom is 0.303 e. The van der Waals surface area contributed by atoms with Gasteiger partial charge in [0.2, 0.25) is 5.91 Å². The highest BCUT2D eigenvalue weighted by atomic mass is 16.4. The number of aryl methyl sites for hydroxylation is 1. The number of Topliss-reactive ketones (excluding diaryl/α,β-unsaturated/α-hetero) is 1. The number of hydrogen-bond acceptors (Lipinski definition) is 3. The fraction of sp³-hybridized carbons (Fsp3) is 0.400. The molecule has 5 heteroatoms. The highest BCUT2D eigenvalue weighted by molar-refractivity contribution is 6.00. The summed E-state index contributed by atoms with van der Waals surface area (Å²) in [7, 11) is 0. The van der Waals surface area contributed by atoms with Crippen LogP contribution in [0.25, 0.3) is 0 Å². The lowest BCUT2D eigenvalue weighted by molar-refractivity contribution is -0.138. The van der Waals surface area contributed by atoms with Gasteiger partial charge < -0.3 is 10.4 Å². The highest BCUT2D eigenvalue weighted by Crippen LogP contribution is 2.23. The minimum absolute atomic E-state index is 0.0691. The smallest absolute Gasteiger partial charge is 0.303 e. The van der Waals surface area contributed by atoms with Crippen molar-refractivity contribution in [1.29, 1.82) is 0 Å². The lowest BCUT2D eigenvalue weighted by atomic mass is 10.0. The molecule has 1 aromatic rings. The van der Waals surface area contributed by atoms with Crippen molar-refractivity contribution in [1.82, 2.24) is 0 Å². The van der Waals surface area contributed by atoms with Crippen molar-refractivity contribution in [3.05, 3.63) is 29.3 Å². The van der Waals surface area contributed by atoms with Crippen LogP contribution in [0.5, 0.6) is 0 Å². The molecule has 1 aliphatic rings. The molecule has 0 spiro atoms. The van der Waals surface area contributed by atoms with E-state index in [9.17, 15) is 14.4 Å². The molecule has 1 aliphatic carbocycles. The number of anilines is 1. The van der Waals surface area contributed by atoms with Crippen molar-refractivity contribution in [3.63, 3.8) is 0 Å². The van der Waals surface area contributed by atoms with E-state index in [1.165, 1.54) is 0 Å². The van der Waals surface area contributed by atoms with Crippen LogP contribution in [-0.2, 0) is 16.0 Å². The van der Waals surface area contributed by atoms with Crippen LogP contribution in [-0.4, -0.2) is 22.8 Å². The number of hydrogen-bond donors (Lipinski definition) is 2. The van der Waals surface area contributed by atoms with Gasteiger partial charge in [-0.2, -0.15) is 0 Å². The van der Waals surface area contributed by atoms with Gasteiger partial charge in [0.1, 0.15) is 0 Å². The van der Waals surface area contributed by atoms with Gasteiger partial charge in [0.15, 0.2) is 5.78 Å². The molecular weight excluding hydrogens is 258 g/mol. The summed E-state index contributed by atoms with van der Waals surface area (Å²) in [6.07, 6.45) is 3.06. The second-order valence-electron chi connectivity index (χ2n) is 4.94. The zero-order valence-electron chi connectivity index (χ0n) is 11.1. The number of carboxylic acid groups (broad SMARTS) is 1. The van der Waals surface area contributed by atoms with Crippen LogP contribution in [0.1, 0.15) is 48.0 Å². The molecule has 0 heterocycles. The number of amides is 1. The maximum absolute atomic E-state index is 12.0. The quantitative estimate of drug-likeness (QED) is 0.826. The molecule has 1 aromatic carbocycles. The van der Waals surface area contributed by atoms with Gasteiger partial charge in [0.05, 0.1) is 6.42 Å². The molecule has 0 unspecified atom stereocenters. The van der Waals surface area contributed by atoms with Gasteiger partial charge in [-0.3, -0.25) is 14.4 Å². The summed E-state index contributed by atoms with van der Waals surface area (Å²) < 4.78 is 0. The molecule has 0 fully saturated rings. The average molecular weight is 275 g/mol. The third-order valence-corrected chi connectivity index (χ3v) is 3.36. The Balaban J connectivity index is 2.08. The van der Waals surface area contributed by atoms with E-state index in [0.29, 0.717) is 17.7 Å². The number of rotatable bonds is 4. The van der Waals surface area contributed by atoms with Gasteiger partial charge in [0, 0.05) is 24.1 Å². The third-order valence-electron chi connectivity index (χ3n) is 3.36. The molecule has 0 atom stereocenters. The molecule has 20 heavy (non-hydrogen) atoms. The molecule has 0 radical (unpaired) electrons. The first-order valence-corrected chi connectivity index (χ1v) is 6.74. The van der Waals surface area contributed by atoms with Gasteiger partial charge in [0.25, 0.3) is 0 Å². The molecule has 0 saturated heterocycles. The number of aliphatic carboxylic acids is 1. The summed E-state index contributed by atoms with van der Waals surface area (Å²) in [5, 5.41) is 11.2. The van der Waals surface area contributed by atoms with E-state index >= 15 is 0 Å². The van der Waals surface area contributed by atoms with Crippen LogP contribution >= 0.6 is 0 Å². The Bertz CT molecular complexity index is 551. The molecule has 0 bridgehead atoms. The lowest BCUT2D eigenvalue weighted by Crippen LogP contribution is -2.14. The predicted molar refractivity (Wildman–Crippen MR) is 73.8 cm³/mol. The summed E-state index contributed by atoms with van der Waals surface area (Å²) in [6.45, 7) is 0. The number of fused-ring (bicyclic) bond motifs is 1. The second-order valence-corrected chi connectivity index (χ2v) is 4.94. The molecular formula is C15H17NO4. The van der Waals surface area contributed by atoms with Gasteiger partial charge in [-0.1, -0.05) is 6.07 Å². The Morgan fingerprint density at radius 2 is 1.90 bits per heavy atom. The highest BCUT2D eigenvalue weighted by Gasteiger charge is 2.16. The molecule has 5 nitrogen and oxygen atoms in total. The van der Waals surface area contributed by atoms with Crippen LogP contribution < -0.4 is 5.32 Å². The van der Waals surface area contributed by atoms with Gasteiger partial charge in [-0.25, -0.2) is 0 Å². The first-order valence-electron chi connectivity index (χ1n) is 6.74. The minimum Gasteiger partial charge on any atom is -0.481 e. The van der Waals surface area contributed by atoms with Crippen molar-refractivity contribution in [2.75, 3.05) is 5.32 Å². The predicted octanol–water partition coefficient (Wildman–Crippen LogP) is 2.40. The number of carbonyl (C=O) groups excluding carboxylic acids is 2. The fourth-order valence-corrected chi connectivity index (χ4v) is 2.31. The Morgan fingerprint density at radius 3 is 2.65 bits per heavy atom. The Kier molecular flexibility index (Phi) is 4.50. The van der Waals surface area contributed by atoms with E-state index in [0.717, 1.165) is 24.8 Å². The zero-order chi connectivity index (χ0) is 14.5. The molecule has 2 N–H and O–H groups in total. The van der Waals surface area contributed by atoms with E-state index in [2.05, 4.69) is 5.32 Å². The lowest BCUT2D eigenvalue weighted by Gasteiger charge is -2.09. The SMILES string of the molecule is O=C(O)CCC(=O)Nc1ccc2c(c1)C(=O)CCCC2. The summed E-state index contributed by atoms with van der Waals surface area (Å²) >= 11 is 0. The van der Waals surface area contributed by atoms with Gasteiger partial charge >= 0.3 is 5.97 Å². The van der Waals surface area contributed by atoms with Gasteiger partial charge in [-0.05, 0) is 37.0 Å². The monoisotopic (exact) mass is 275 g/mol. The standard InChI is InChI=1S/C15H17NO4/c17-13-4-2-1-3-10-5-6-11(9-12(10)13)16-14(18)7-8-15(19)20/h5-6,9H,1-4,7-8H2,(H,16,18)(H,19,20). The van der Waals surface area contributed by atoms with E-state index in [-0.39, 0.29) is 24.5 Å². The normalized spacial score (nSPS) is 14.3. The van der Waals surface area contributed by atoms with Crippen molar-refractivity contribution < 1.29 is 19.5 Å². The van der Waals surface area contributed by atoms with E-state index in [1.54, 1.807) is 12.1 Å². The van der Waals surface area contributed by atoms with Crippen LogP contribution in [0.3, 0.4) is 0 Å². The Hall–Kier alpha value is -2.17. The molecule has 0 aliphatic heterocycles. The van der Waals surface area contributed by atoms with Crippen molar-refractivity contribution in [2.24, 2.45) is 0 Å². The Morgan fingerprint density at radius 1 is 1.15 bits per heavy atom. The van der Waals surface area contributed by atoms with Crippen molar-refractivity contribution in [3.8, 4) is 0 Å². The molecule has 1 amide bonds. The zero-order valence-corrected chi connectivity index (χ0v) is 11.1. The summed E-state index contributed by atoms with van der Waals surface area (Å²) in [6, 6.07) is 5.32. The van der Waals surface area contributed by atoms with Crippen molar-refractivity contribution in [2.45, 2.75) is 38.5 Å². The molecule has 0 saturated carbocycles. The number of nitrogens with one attached hydrogen (secondary N) is 1. The number of benzene rings is 1. The maximum atomic E-state index is 12.0. The number of ketones is 1. The van der Waals surface area contributed by atoms with E-state index in [1.807, 2.05) is 6.07 Å². The summed E-state index contributed by atoms with van der Waals surface area (Å²) in [4.78, 5) is 33.9. The fourth-order valence-electron chi connectivity index (χ4n) is 2.31. The first kappa shape index (κ1) is 14.2. The van der Waals surface area contributed by atoms with E-state index in [4.69, 9.17) is 5.11 Å². The summed E-state index contributed by atoms with van der Waals surface area (Å²) in [5.74, 6) is -1.25. The van der Waals surface area contributed by atoms with Crippen LogP contribution in [0.2, 0.25) is 0 Å². The topological polar surface area (TPSA) is 83.5 Å². The summed E-state index contributed by atoms with van der Waals surface area (Å²) in [5.41, 5.74) is 2.25. The van der Waals surface area contributed by atoms with Gasteiger partial charge in [-0.15, -0.1) is 0 Å². The molecule has 0 aromatic heterocycles. The average Bonchev–Trinajstić information content (AvgIpc) is 2.59.